The van der Waals surface area contributed by atoms with Crippen molar-refractivity contribution >= 4 is 0 Å². The average Bonchev–Trinajstić information content (AvgIpc) is 2.34. The summed E-state index contributed by atoms with van der Waals surface area (Å²) in [6.07, 6.45) is 7.24. The number of halogens is 1. The molecule has 4 heterocycles. The standard InChI is InChI=1S/C16H29N4.ClH/c1-15(2)5-4-6-16(3)7-8-20-12-17-9-18(13-20)11-19(10-17)14-20;/h5,7H,4,6,8-14H2,1-3H3;1H/q+1;/p-1/b16-7+;. The molecule has 4 saturated heterocycles. The molecule has 0 N–H and O–H groups in total. The highest BCUT2D eigenvalue weighted by Gasteiger charge is 2.47. The summed E-state index contributed by atoms with van der Waals surface area (Å²) < 4.78 is 1.22. The molecular formula is C16H29ClN4. The van der Waals surface area contributed by atoms with Crippen LogP contribution in [0.25, 0.3) is 0 Å². The molecule has 4 fully saturated rings. The molecule has 4 aliphatic rings. The van der Waals surface area contributed by atoms with Crippen molar-refractivity contribution in [2.75, 3.05) is 46.6 Å². The first-order chi connectivity index (χ1) is 9.55. The summed E-state index contributed by atoms with van der Waals surface area (Å²) in [5.41, 5.74) is 2.99. The molecule has 4 bridgehead atoms. The number of hydrogen-bond donors (Lipinski definition) is 0. The van der Waals surface area contributed by atoms with E-state index in [4.69, 9.17) is 0 Å². The lowest BCUT2D eigenvalue weighted by atomic mass is 10.1. The summed E-state index contributed by atoms with van der Waals surface area (Å²) in [5.74, 6) is 0. The van der Waals surface area contributed by atoms with Crippen molar-refractivity contribution in [3.05, 3.63) is 23.3 Å². The maximum atomic E-state index is 2.59. The minimum Gasteiger partial charge on any atom is -1.00 e. The first kappa shape index (κ1) is 17.0. The van der Waals surface area contributed by atoms with Crippen LogP contribution < -0.4 is 12.4 Å². The SMILES string of the molecule is CC(C)=CCC/C(C)=C/C[N+]12CN3CN(CN(C3)C1)C2.[Cl-]. The number of nitrogens with zero attached hydrogens (tertiary/aromatic N) is 4. The topological polar surface area (TPSA) is 9.72 Å². The van der Waals surface area contributed by atoms with Crippen molar-refractivity contribution in [3.8, 4) is 0 Å². The van der Waals surface area contributed by atoms with E-state index in [1.165, 1.54) is 69.5 Å². The number of rotatable bonds is 5. The lowest BCUT2D eigenvalue weighted by molar-refractivity contribution is -0.975. The molecule has 4 nitrogen and oxygen atoms in total. The minimum absolute atomic E-state index is 0. The van der Waals surface area contributed by atoms with Gasteiger partial charge in [-0.05, 0) is 39.7 Å². The second kappa shape index (κ2) is 6.80. The quantitative estimate of drug-likeness (QED) is 0.486. The van der Waals surface area contributed by atoms with Crippen LogP contribution in [0.5, 0.6) is 0 Å². The van der Waals surface area contributed by atoms with Gasteiger partial charge in [0.25, 0.3) is 0 Å². The van der Waals surface area contributed by atoms with Gasteiger partial charge in [0.1, 0.15) is 26.6 Å². The van der Waals surface area contributed by atoms with Crippen LogP contribution in [0, 0.1) is 0 Å². The van der Waals surface area contributed by atoms with Gasteiger partial charge in [-0.1, -0.05) is 17.2 Å². The molecule has 0 aliphatic carbocycles. The molecule has 120 valence electrons. The van der Waals surface area contributed by atoms with Crippen LogP contribution in [-0.4, -0.2) is 65.7 Å². The monoisotopic (exact) mass is 312 g/mol. The molecule has 21 heavy (non-hydrogen) atoms. The van der Waals surface area contributed by atoms with E-state index in [0.717, 1.165) is 0 Å². The fourth-order valence-electron chi connectivity index (χ4n) is 3.87. The molecule has 0 aromatic rings. The summed E-state index contributed by atoms with van der Waals surface area (Å²) in [7, 11) is 0. The van der Waals surface area contributed by atoms with Crippen LogP contribution in [0.4, 0.5) is 0 Å². The van der Waals surface area contributed by atoms with Crippen LogP contribution in [0.1, 0.15) is 33.6 Å². The highest BCUT2D eigenvalue weighted by Crippen LogP contribution is 2.28. The Labute approximate surface area is 135 Å². The van der Waals surface area contributed by atoms with Gasteiger partial charge in [0.05, 0.1) is 20.0 Å². The third kappa shape index (κ3) is 4.08. The van der Waals surface area contributed by atoms with Crippen molar-refractivity contribution < 1.29 is 16.9 Å². The Bertz CT molecular complexity index is 391. The molecule has 4 rings (SSSR count). The first-order valence-electron chi connectivity index (χ1n) is 7.86. The molecule has 0 unspecified atom stereocenters. The molecule has 0 aromatic carbocycles. The van der Waals surface area contributed by atoms with Gasteiger partial charge < -0.3 is 12.4 Å². The van der Waals surface area contributed by atoms with Crippen molar-refractivity contribution in [2.45, 2.75) is 33.6 Å². The zero-order chi connectivity index (χ0) is 14.2. The van der Waals surface area contributed by atoms with E-state index in [0.29, 0.717) is 0 Å². The third-order valence-corrected chi connectivity index (χ3v) is 4.62. The van der Waals surface area contributed by atoms with Crippen molar-refractivity contribution in [1.29, 1.82) is 0 Å². The Morgan fingerprint density at radius 2 is 1.43 bits per heavy atom. The zero-order valence-electron chi connectivity index (χ0n) is 13.7. The molecule has 0 aromatic heterocycles. The smallest absolute Gasteiger partial charge is 0.139 e. The Morgan fingerprint density at radius 1 is 0.905 bits per heavy atom. The Hall–Kier alpha value is -0.390. The molecular weight excluding hydrogens is 284 g/mol. The fourth-order valence-corrected chi connectivity index (χ4v) is 3.87. The van der Waals surface area contributed by atoms with E-state index < -0.39 is 0 Å². The molecule has 5 heteroatoms. The average molecular weight is 313 g/mol. The van der Waals surface area contributed by atoms with Crippen LogP contribution in [0.2, 0.25) is 0 Å². The first-order valence-corrected chi connectivity index (χ1v) is 7.86. The second-order valence-electron chi connectivity index (χ2n) is 7.26. The van der Waals surface area contributed by atoms with Gasteiger partial charge in [0.15, 0.2) is 0 Å². The van der Waals surface area contributed by atoms with E-state index >= 15 is 0 Å². The Morgan fingerprint density at radius 3 is 1.90 bits per heavy atom. The van der Waals surface area contributed by atoms with Gasteiger partial charge in [-0.15, -0.1) is 0 Å². The summed E-state index contributed by atoms with van der Waals surface area (Å²) in [5, 5.41) is 0. The summed E-state index contributed by atoms with van der Waals surface area (Å²) in [6, 6.07) is 0. The second-order valence-corrected chi connectivity index (χ2v) is 7.26. The fraction of sp³-hybridized carbons (Fsp3) is 0.750. The van der Waals surface area contributed by atoms with Gasteiger partial charge in [0.2, 0.25) is 0 Å². The minimum atomic E-state index is 0. The maximum Gasteiger partial charge on any atom is 0.139 e. The molecule has 0 amide bonds. The highest BCUT2D eigenvalue weighted by atomic mass is 35.5. The summed E-state index contributed by atoms with van der Waals surface area (Å²) in [6.45, 7) is 15.1. The molecule has 0 spiro atoms. The third-order valence-electron chi connectivity index (χ3n) is 4.62. The van der Waals surface area contributed by atoms with E-state index in [1.54, 1.807) is 5.57 Å². The molecule has 0 saturated carbocycles. The molecule has 0 atom stereocenters. The van der Waals surface area contributed by atoms with Gasteiger partial charge in [-0.2, -0.15) is 0 Å². The highest BCUT2D eigenvalue weighted by molar-refractivity contribution is 5.02. The predicted octanol–water partition coefficient (Wildman–Crippen LogP) is -0.808. The number of quaternary nitrogens is 1. The summed E-state index contributed by atoms with van der Waals surface area (Å²) in [4.78, 5) is 7.76. The predicted molar refractivity (Wildman–Crippen MR) is 82.3 cm³/mol. The van der Waals surface area contributed by atoms with Crippen molar-refractivity contribution in [2.24, 2.45) is 0 Å². The summed E-state index contributed by atoms with van der Waals surface area (Å²) >= 11 is 0. The Balaban J connectivity index is 0.00000161. The maximum absolute atomic E-state index is 2.59. The van der Waals surface area contributed by atoms with E-state index in [-0.39, 0.29) is 12.4 Å². The zero-order valence-corrected chi connectivity index (χ0v) is 14.4. The largest absolute Gasteiger partial charge is 1.00 e. The van der Waals surface area contributed by atoms with Crippen molar-refractivity contribution in [3.63, 3.8) is 0 Å². The molecule has 4 aliphatic heterocycles. The van der Waals surface area contributed by atoms with Crippen molar-refractivity contribution in [1.82, 2.24) is 14.7 Å². The normalized spacial score (nSPS) is 37.3. The number of allylic oxidation sites excluding steroid dienone is 3. The van der Waals surface area contributed by atoms with Gasteiger partial charge in [-0.25, -0.2) is 14.7 Å². The van der Waals surface area contributed by atoms with Gasteiger partial charge in [0, 0.05) is 0 Å². The van der Waals surface area contributed by atoms with Crippen LogP contribution >= 0.6 is 0 Å². The lowest BCUT2D eigenvalue weighted by Gasteiger charge is -2.60. The van der Waals surface area contributed by atoms with E-state index in [1.807, 2.05) is 0 Å². The van der Waals surface area contributed by atoms with Gasteiger partial charge in [-0.3, -0.25) is 4.48 Å². The van der Waals surface area contributed by atoms with E-state index in [9.17, 15) is 0 Å². The lowest BCUT2D eigenvalue weighted by Crippen LogP contribution is -3.00. The van der Waals surface area contributed by atoms with Crippen LogP contribution in [-0.2, 0) is 0 Å². The molecule has 0 radical (unpaired) electrons. The van der Waals surface area contributed by atoms with Gasteiger partial charge >= 0.3 is 0 Å². The Kier molecular flexibility index (Phi) is 5.49. The van der Waals surface area contributed by atoms with Crippen LogP contribution in [0.3, 0.4) is 0 Å². The van der Waals surface area contributed by atoms with Crippen LogP contribution in [0.15, 0.2) is 23.3 Å². The van der Waals surface area contributed by atoms with E-state index in [2.05, 4.69) is 47.6 Å². The number of hydrogen-bond acceptors (Lipinski definition) is 3.